The van der Waals surface area contributed by atoms with E-state index >= 15 is 0 Å². The molecule has 0 bridgehead atoms. The highest BCUT2D eigenvalue weighted by atomic mass is 16.5. The monoisotopic (exact) mass is 448 g/mol. The van der Waals surface area contributed by atoms with Gasteiger partial charge >= 0.3 is 11.9 Å². The lowest BCUT2D eigenvalue weighted by Gasteiger charge is -2.61. The van der Waals surface area contributed by atoms with Gasteiger partial charge in [0.15, 0.2) is 6.61 Å². The number of ketones is 1. The van der Waals surface area contributed by atoms with Crippen molar-refractivity contribution >= 4 is 17.7 Å². The molecule has 1 N–H and O–H groups in total. The molecule has 0 heterocycles. The van der Waals surface area contributed by atoms with Crippen molar-refractivity contribution in [3.63, 3.8) is 0 Å². The quantitative estimate of drug-likeness (QED) is 0.542. The Morgan fingerprint density at radius 1 is 0.938 bits per heavy atom. The number of carboxylic acid groups (broad SMARTS) is 1. The topological polar surface area (TPSA) is 80.7 Å². The molecule has 0 saturated heterocycles. The number of hydrogen-bond acceptors (Lipinski definition) is 4. The average Bonchev–Trinajstić information content (AvgIpc) is 3.10. The second-order valence-corrected chi connectivity index (χ2v) is 11.7. The molecule has 4 aliphatic rings. The molecule has 32 heavy (non-hydrogen) atoms. The smallest absolute Gasteiger partial charge is 0.341 e. The van der Waals surface area contributed by atoms with Crippen LogP contribution < -0.4 is 0 Å². The van der Waals surface area contributed by atoms with E-state index in [1.54, 1.807) is 6.92 Å². The van der Waals surface area contributed by atoms with Gasteiger partial charge in [-0.15, -0.1) is 0 Å². The Morgan fingerprint density at radius 2 is 1.59 bits per heavy atom. The summed E-state index contributed by atoms with van der Waals surface area (Å²) in [6.07, 6.45) is 12.8. The van der Waals surface area contributed by atoms with Crippen LogP contribution >= 0.6 is 0 Å². The molecule has 5 nitrogen and oxygen atoms in total. The maximum Gasteiger partial charge on any atom is 0.341 e. The Kier molecular flexibility index (Phi) is 7.77. The van der Waals surface area contributed by atoms with E-state index in [9.17, 15) is 14.4 Å². The third-order valence-corrected chi connectivity index (χ3v) is 10.1. The zero-order chi connectivity index (χ0) is 23.7. The molecule has 0 aliphatic heterocycles. The van der Waals surface area contributed by atoms with E-state index in [0.717, 1.165) is 29.6 Å². The second-order valence-electron chi connectivity index (χ2n) is 11.7. The molecule has 0 aromatic rings. The number of rotatable bonds is 4. The Balaban J connectivity index is 0.000000275. The number of esters is 1. The highest BCUT2D eigenvalue weighted by molar-refractivity contribution is 5.79. The lowest BCUT2D eigenvalue weighted by Crippen LogP contribution is -2.53. The van der Waals surface area contributed by atoms with Crippen molar-refractivity contribution in [2.75, 3.05) is 6.61 Å². The molecule has 4 fully saturated rings. The van der Waals surface area contributed by atoms with Gasteiger partial charge in [-0.05, 0) is 98.7 Å². The molecule has 0 amide bonds. The molecule has 182 valence electrons. The first kappa shape index (κ1) is 25.2. The number of carbonyl (C=O) groups excluding carboxylic acids is 2. The molecular formula is C27H44O5. The summed E-state index contributed by atoms with van der Waals surface area (Å²) in [6.45, 7) is 10.5. The van der Waals surface area contributed by atoms with Crippen LogP contribution in [0.25, 0.3) is 0 Å². The van der Waals surface area contributed by atoms with E-state index in [4.69, 9.17) is 5.11 Å². The normalized spacial score (nSPS) is 42.4. The molecule has 4 aliphatic carbocycles. The number of Topliss-reactive ketones (excluding diaryl/α,β-unsaturated/α-hetero) is 1. The Hall–Kier alpha value is -1.39. The molecule has 8 unspecified atom stereocenters. The Morgan fingerprint density at radius 3 is 2.22 bits per heavy atom. The first-order valence-corrected chi connectivity index (χ1v) is 12.9. The molecule has 0 aromatic carbocycles. The van der Waals surface area contributed by atoms with Gasteiger partial charge in [0, 0.05) is 12.3 Å². The molecule has 4 saturated carbocycles. The van der Waals surface area contributed by atoms with Crippen LogP contribution in [0, 0.1) is 46.3 Å². The number of hydrogen-bond donors (Lipinski definition) is 1. The van der Waals surface area contributed by atoms with Gasteiger partial charge in [-0.2, -0.15) is 0 Å². The van der Waals surface area contributed by atoms with Crippen LogP contribution in [-0.4, -0.2) is 29.4 Å². The number of fused-ring (bicyclic) bond motifs is 5. The minimum absolute atomic E-state index is 0.216. The summed E-state index contributed by atoms with van der Waals surface area (Å²) < 4.78 is 4.21. The van der Waals surface area contributed by atoms with Gasteiger partial charge < -0.3 is 9.84 Å². The summed E-state index contributed by atoms with van der Waals surface area (Å²) in [7, 11) is 0. The lowest BCUT2D eigenvalue weighted by molar-refractivity contribution is -0.154. The number of carboxylic acids is 1. The number of carbonyl (C=O) groups is 3. The molecule has 0 radical (unpaired) electrons. The van der Waals surface area contributed by atoms with Gasteiger partial charge in [-0.25, -0.2) is 4.79 Å². The predicted octanol–water partition coefficient (Wildman–Crippen LogP) is 5.89. The van der Waals surface area contributed by atoms with Crippen LogP contribution in [0.1, 0.15) is 98.8 Å². The minimum Gasteiger partial charge on any atom is -0.479 e. The van der Waals surface area contributed by atoms with Crippen LogP contribution in [0.5, 0.6) is 0 Å². The maximum atomic E-state index is 12.2. The van der Waals surface area contributed by atoms with Gasteiger partial charge in [0.2, 0.25) is 0 Å². The summed E-state index contributed by atoms with van der Waals surface area (Å²) in [5.41, 5.74) is 0.948. The second kappa shape index (κ2) is 9.85. The van der Waals surface area contributed by atoms with Gasteiger partial charge in [-0.3, -0.25) is 9.59 Å². The first-order chi connectivity index (χ1) is 15.0. The maximum absolute atomic E-state index is 12.2. The largest absolute Gasteiger partial charge is 0.479 e. The Labute approximate surface area is 194 Å². The fourth-order valence-electron chi connectivity index (χ4n) is 8.38. The standard InChI is InChI=1S/C22H36O.C5H8O4/c1-14-9-11-21(3)16(13-14)5-6-17-19-8-7-18(15(2)23)22(19,4)12-10-20(17)21;1-2-5(8)9-3-4(6)7/h14,16-20H,5-13H2,1-4H3;2-3H2,1H3,(H,6,7). The van der Waals surface area contributed by atoms with Gasteiger partial charge in [0.1, 0.15) is 5.78 Å². The van der Waals surface area contributed by atoms with Crippen LogP contribution in [0.2, 0.25) is 0 Å². The van der Waals surface area contributed by atoms with E-state index in [1.807, 2.05) is 6.92 Å². The summed E-state index contributed by atoms with van der Waals surface area (Å²) in [5, 5.41) is 7.98. The zero-order valence-corrected chi connectivity index (χ0v) is 20.8. The van der Waals surface area contributed by atoms with Crippen molar-refractivity contribution in [1.29, 1.82) is 0 Å². The van der Waals surface area contributed by atoms with Crippen LogP contribution in [0.3, 0.4) is 0 Å². The van der Waals surface area contributed by atoms with Gasteiger partial charge in [0.25, 0.3) is 0 Å². The summed E-state index contributed by atoms with van der Waals surface area (Å²) in [6, 6.07) is 0. The molecule has 0 aromatic heterocycles. The summed E-state index contributed by atoms with van der Waals surface area (Å²) >= 11 is 0. The number of ether oxygens (including phenoxy) is 1. The van der Waals surface area contributed by atoms with Crippen molar-refractivity contribution in [2.24, 2.45) is 46.3 Å². The van der Waals surface area contributed by atoms with Crippen LogP contribution in [0.15, 0.2) is 0 Å². The fourth-order valence-corrected chi connectivity index (χ4v) is 8.38. The van der Waals surface area contributed by atoms with Crippen molar-refractivity contribution in [3.8, 4) is 0 Å². The van der Waals surface area contributed by atoms with Crippen molar-refractivity contribution in [1.82, 2.24) is 0 Å². The lowest BCUT2D eigenvalue weighted by atomic mass is 9.44. The first-order valence-electron chi connectivity index (χ1n) is 12.9. The Bertz CT molecular complexity index is 717. The molecule has 5 heteroatoms. The van der Waals surface area contributed by atoms with Gasteiger partial charge in [-0.1, -0.05) is 34.1 Å². The van der Waals surface area contributed by atoms with E-state index in [0.29, 0.717) is 22.5 Å². The predicted molar refractivity (Wildman–Crippen MR) is 124 cm³/mol. The zero-order valence-electron chi connectivity index (χ0n) is 20.8. The molecule has 4 rings (SSSR count). The highest BCUT2D eigenvalue weighted by Gasteiger charge is 2.60. The van der Waals surface area contributed by atoms with Crippen LogP contribution in [-0.2, 0) is 19.1 Å². The highest BCUT2D eigenvalue weighted by Crippen LogP contribution is 2.67. The molecule has 8 atom stereocenters. The summed E-state index contributed by atoms with van der Waals surface area (Å²) in [4.78, 5) is 32.2. The van der Waals surface area contributed by atoms with Crippen molar-refractivity contribution < 1.29 is 24.2 Å². The SMILES string of the molecule is CC(=O)C1CCC2C3CCC4CC(C)CCC4(C)C3CCC12C.CCC(=O)OCC(=O)O. The van der Waals surface area contributed by atoms with Crippen molar-refractivity contribution in [3.05, 3.63) is 0 Å². The minimum atomic E-state index is -1.13. The third kappa shape index (κ3) is 4.77. The summed E-state index contributed by atoms with van der Waals surface area (Å²) in [5.74, 6) is 3.88. The van der Waals surface area contributed by atoms with Crippen LogP contribution in [0.4, 0.5) is 0 Å². The van der Waals surface area contributed by atoms with E-state index < -0.39 is 18.5 Å². The third-order valence-electron chi connectivity index (χ3n) is 10.1. The molecule has 0 spiro atoms. The van der Waals surface area contributed by atoms with Gasteiger partial charge in [0.05, 0.1) is 0 Å². The number of aliphatic carboxylic acids is 1. The molecular weight excluding hydrogens is 404 g/mol. The van der Waals surface area contributed by atoms with Crippen molar-refractivity contribution in [2.45, 2.75) is 98.8 Å². The average molecular weight is 449 g/mol. The van der Waals surface area contributed by atoms with E-state index in [1.165, 1.54) is 57.8 Å². The fraction of sp³-hybridized carbons (Fsp3) is 0.889. The van der Waals surface area contributed by atoms with E-state index in [-0.39, 0.29) is 6.42 Å². The van der Waals surface area contributed by atoms with E-state index in [2.05, 4.69) is 25.5 Å².